The number of fused-ring (bicyclic) bond motifs is 1. The number of hydrogen-bond donors (Lipinski definition) is 1. The van der Waals surface area contributed by atoms with Crippen LogP contribution >= 0.6 is 0 Å². The van der Waals surface area contributed by atoms with E-state index in [0.29, 0.717) is 26.0 Å². The smallest absolute Gasteiger partial charge is 0.308 e. The van der Waals surface area contributed by atoms with Crippen molar-refractivity contribution in [2.24, 2.45) is 5.92 Å². The van der Waals surface area contributed by atoms with Gasteiger partial charge in [-0.2, -0.15) is 0 Å². The van der Waals surface area contributed by atoms with E-state index in [2.05, 4.69) is 10.2 Å². The van der Waals surface area contributed by atoms with E-state index in [1.54, 1.807) is 0 Å². The molecule has 1 aromatic rings. The molecule has 94 valence electrons. The van der Waals surface area contributed by atoms with Crippen LogP contribution in [-0.2, 0) is 29.1 Å². The molecule has 1 aliphatic heterocycles. The molecule has 2 heterocycles. The number of rotatable bonds is 4. The SMILES string of the molecule is CC(C)OCc1nnc2n1CC(C(=O)O)CC2. The summed E-state index contributed by atoms with van der Waals surface area (Å²) < 4.78 is 7.36. The largest absolute Gasteiger partial charge is 0.481 e. The minimum absolute atomic E-state index is 0.127. The van der Waals surface area contributed by atoms with Gasteiger partial charge in [-0.05, 0) is 20.3 Å². The second kappa shape index (κ2) is 4.83. The Balaban J connectivity index is 2.11. The van der Waals surface area contributed by atoms with E-state index in [-0.39, 0.29) is 12.0 Å². The Morgan fingerprint density at radius 3 is 3.00 bits per heavy atom. The summed E-state index contributed by atoms with van der Waals surface area (Å²) in [6.45, 7) is 4.74. The Morgan fingerprint density at radius 2 is 2.35 bits per heavy atom. The van der Waals surface area contributed by atoms with Crippen molar-refractivity contribution in [2.75, 3.05) is 0 Å². The van der Waals surface area contributed by atoms with Gasteiger partial charge in [0.25, 0.3) is 0 Å². The van der Waals surface area contributed by atoms with Gasteiger partial charge >= 0.3 is 5.97 Å². The Bertz CT molecular complexity index is 414. The highest BCUT2D eigenvalue weighted by Crippen LogP contribution is 2.20. The van der Waals surface area contributed by atoms with Crippen molar-refractivity contribution in [3.63, 3.8) is 0 Å². The maximum Gasteiger partial charge on any atom is 0.308 e. The third-order valence-corrected chi connectivity index (χ3v) is 2.92. The molecule has 0 saturated carbocycles. The lowest BCUT2D eigenvalue weighted by molar-refractivity contribution is -0.142. The highest BCUT2D eigenvalue weighted by atomic mass is 16.5. The predicted molar refractivity (Wildman–Crippen MR) is 59.4 cm³/mol. The van der Waals surface area contributed by atoms with Gasteiger partial charge in [-0.1, -0.05) is 0 Å². The Kier molecular flexibility index (Phi) is 3.42. The molecule has 6 nitrogen and oxygen atoms in total. The van der Waals surface area contributed by atoms with Gasteiger partial charge in [0.2, 0.25) is 0 Å². The molecule has 1 aliphatic rings. The lowest BCUT2D eigenvalue weighted by Gasteiger charge is -2.21. The van der Waals surface area contributed by atoms with Crippen molar-refractivity contribution in [1.82, 2.24) is 14.8 Å². The van der Waals surface area contributed by atoms with Crippen LogP contribution in [0.4, 0.5) is 0 Å². The summed E-state index contributed by atoms with van der Waals surface area (Å²) in [4.78, 5) is 11.0. The Labute approximate surface area is 99.6 Å². The number of hydrogen-bond acceptors (Lipinski definition) is 4. The lowest BCUT2D eigenvalue weighted by Crippen LogP contribution is -2.27. The number of carboxylic acids is 1. The lowest BCUT2D eigenvalue weighted by atomic mass is 10.00. The molecular weight excluding hydrogens is 222 g/mol. The van der Waals surface area contributed by atoms with Crippen LogP contribution in [0, 0.1) is 5.92 Å². The van der Waals surface area contributed by atoms with Gasteiger partial charge in [0.15, 0.2) is 5.82 Å². The minimum atomic E-state index is -0.750. The first-order valence-corrected chi connectivity index (χ1v) is 5.83. The molecule has 2 rings (SSSR count). The van der Waals surface area contributed by atoms with Crippen molar-refractivity contribution < 1.29 is 14.6 Å². The van der Waals surface area contributed by atoms with Crippen LogP contribution in [0.1, 0.15) is 31.9 Å². The first kappa shape index (κ1) is 12.0. The minimum Gasteiger partial charge on any atom is -0.481 e. The van der Waals surface area contributed by atoms with Crippen molar-refractivity contribution >= 4 is 5.97 Å². The molecule has 6 heteroatoms. The number of aliphatic carboxylic acids is 1. The molecule has 0 fully saturated rings. The molecule has 0 bridgehead atoms. The Morgan fingerprint density at radius 1 is 1.59 bits per heavy atom. The average molecular weight is 239 g/mol. The Hall–Kier alpha value is -1.43. The van der Waals surface area contributed by atoms with E-state index in [9.17, 15) is 4.79 Å². The van der Waals surface area contributed by atoms with Gasteiger partial charge in [0.05, 0.1) is 12.0 Å². The van der Waals surface area contributed by atoms with Crippen molar-refractivity contribution in [2.45, 2.75) is 45.9 Å². The van der Waals surface area contributed by atoms with Gasteiger partial charge in [-0.15, -0.1) is 10.2 Å². The van der Waals surface area contributed by atoms with Crippen molar-refractivity contribution in [3.05, 3.63) is 11.6 Å². The van der Waals surface area contributed by atoms with E-state index in [4.69, 9.17) is 9.84 Å². The van der Waals surface area contributed by atoms with Crippen LogP contribution < -0.4 is 0 Å². The molecule has 0 aromatic carbocycles. The summed E-state index contributed by atoms with van der Waals surface area (Å²) in [7, 11) is 0. The predicted octanol–water partition coefficient (Wildman–Crippen LogP) is 0.850. The first-order valence-electron chi connectivity index (χ1n) is 5.83. The summed E-state index contributed by atoms with van der Waals surface area (Å²) in [6, 6.07) is 0. The van der Waals surface area contributed by atoms with Crippen LogP contribution in [0.25, 0.3) is 0 Å². The third-order valence-electron chi connectivity index (χ3n) is 2.92. The summed E-state index contributed by atoms with van der Waals surface area (Å²) in [5.41, 5.74) is 0. The second-order valence-corrected chi connectivity index (χ2v) is 4.58. The molecule has 1 aromatic heterocycles. The molecule has 0 radical (unpaired) electrons. The summed E-state index contributed by atoms with van der Waals surface area (Å²) >= 11 is 0. The van der Waals surface area contributed by atoms with Crippen LogP contribution in [-0.4, -0.2) is 31.9 Å². The summed E-state index contributed by atoms with van der Waals surface area (Å²) in [6.07, 6.45) is 1.44. The molecule has 1 N–H and O–H groups in total. The van der Waals surface area contributed by atoms with Crippen molar-refractivity contribution in [1.29, 1.82) is 0 Å². The number of carbonyl (C=O) groups is 1. The van der Waals surface area contributed by atoms with E-state index >= 15 is 0 Å². The van der Waals surface area contributed by atoms with Gasteiger partial charge in [-0.3, -0.25) is 4.79 Å². The topological polar surface area (TPSA) is 77.2 Å². The highest BCUT2D eigenvalue weighted by molar-refractivity contribution is 5.70. The zero-order chi connectivity index (χ0) is 12.4. The molecule has 17 heavy (non-hydrogen) atoms. The number of carboxylic acid groups (broad SMARTS) is 1. The van der Waals surface area contributed by atoms with Crippen LogP contribution in [0.5, 0.6) is 0 Å². The zero-order valence-corrected chi connectivity index (χ0v) is 10.1. The maximum atomic E-state index is 11.0. The highest BCUT2D eigenvalue weighted by Gasteiger charge is 2.27. The molecule has 1 unspecified atom stereocenters. The number of aromatic nitrogens is 3. The molecule has 0 aliphatic carbocycles. The molecule has 0 saturated heterocycles. The van der Waals surface area contributed by atoms with Gasteiger partial charge in [0, 0.05) is 13.0 Å². The van der Waals surface area contributed by atoms with Crippen molar-refractivity contribution in [3.8, 4) is 0 Å². The van der Waals surface area contributed by atoms with Gasteiger partial charge < -0.3 is 14.4 Å². The van der Waals surface area contributed by atoms with Gasteiger partial charge in [0.1, 0.15) is 12.4 Å². The summed E-state index contributed by atoms with van der Waals surface area (Å²) in [5.74, 6) is 0.501. The first-order chi connectivity index (χ1) is 8.08. The summed E-state index contributed by atoms with van der Waals surface area (Å²) in [5, 5.41) is 17.2. The third kappa shape index (κ3) is 2.63. The second-order valence-electron chi connectivity index (χ2n) is 4.58. The fourth-order valence-electron chi connectivity index (χ4n) is 1.93. The molecule has 0 spiro atoms. The molecule has 0 amide bonds. The van der Waals surface area contributed by atoms with E-state index in [1.807, 2.05) is 18.4 Å². The van der Waals surface area contributed by atoms with Gasteiger partial charge in [-0.25, -0.2) is 0 Å². The van der Waals surface area contributed by atoms with Crippen LogP contribution in [0.3, 0.4) is 0 Å². The maximum absolute atomic E-state index is 11.0. The van der Waals surface area contributed by atoms with Crippen LogP contribution in [0.2, 0.25) is 0 Å². The standard InChI is InChI=1S/C11H17N3O3/c1-7(2)17-6-10-13-12-9-4-3-8(11(15)16)5-14(9)10/h7-8H,3-6H2,1-2H3,(H,15,16). The number of nitrogens with zero attached hydrogens (tertiary/aromatic N) is 3. The number of ether oxygens (including phenoxy) is 1. The number of aryl methyl sites for hydroxylation is 1. The van der Waals surface area contributed by atoms with Crippen LogP contribution in [0.15, 0.2) is 0 Å². The average Bonchev–Trinajstić information content (AvgIpc) is 2.68. The quantitative estimate of drug-likeness (QED) is 0.842. The monoisotopic (exact) mass is 239 g/mol. The van der Waals surface area contributed by atoms with E-state index in [1.165, 1.54) is 0 Å². The fraction of sp³-hybridized carbons (Fsp3) is 0.727. The normalized spacial score (nSPS) is 19.4. The van der Waals surface area contributed by atoms with E-state index in [0.717, 1.165) is 11.6 Å². The molecule has 1 atom stereocenters. The van der Waals surface area contributed by atoms with E-state index < -0.39 is 5.97 Å². The zero-order valence-electron chi connectivity index (χ0n) is 10.1. The molecular formula is C11H17N3O3. The fourth-order valence-corrected chi connectivity index (χ4v) is 1.93.